The average Bonchev–Trinajstić information content (AvgIpc) is 3.12. The summed E-state index contributed by atoms with van der Waals surface area (Å²) < 4.78 is 13.1. The van der Waals surface area contributed by atoms with E-state index in [0.717, 1.165) is 23.3 Å². The largest absolute Gasteiger partial charge is 0.337 e. The molecule has 0 radical (unpaired) electrons. The summed E-state index contributed by atoms with van der Waals surface area (Å²) in [5, 5.41) is 0. The number of likely N-dealkylation sites (N-methyl/N-ethyl adjacent to an activating group) is 1. The molecule has 1 fully saturated rings. The SMILES string of the molecule is C[C@H](c1cncs1)N(C)C(=O)C1(c2ccc(F)cc2)CC1. The second-order valence-electron chi connectivity index (χ2n) is 5.58. The van der Waals surface area contributed by atoms with Crippen molar-refractivity contribution in [3.63, 3.8) is 0 Å². The number of nitrogens with zero attached hydrogens (tertiary/aromatic N) is 2. The smallest absolute Gasteiger partial charge is 0.233 e. The Labute approximate surface area is 127 Å². The Kier molecular flexibility index (Phi) is 3.53. The van der Waals surface area contributed by atoms with Gasteiger partial charge < -0.3 is 4.90 Å². The summed E-state index contributed by atoms with van der Waals surface area (Å²) >= 11 is 1.55. The van der Waals surface area contributed by atoms with Gasteiger partial charge in [0.2, 0.25) is 5.91 Å². The number of halogens is 1. The maximum Gasteiger partial charge on any atom is 0.233 e. The lowest BCUT2D eigenvalue weighted by molar-refractivity contribution is -0.134. The maximum absolute atomic E-state index is 13.1. The number of benzene rings is 1. The van der Waals surface area contributed by atoms with Gasteiger partial charge in [0, 0.05) is 18.1 Å². The van der Waals surface area contributed by atoms with Gasteiger partial charge in [-0.1, -0.05) is 12.1 Å². The van der Waals surface area contributed by atoms with Crippen molar-refractivity contribution in [2.24, 2.45) is 0 Å². The summed E-state index contributed by atoms with van der Waals surface area (Å²) in [6.45, 7) is 2.01. The highest BCUT2D eigenvalue weighted by atomic mass is 32.1. The number of amides is 1. The van der Waals surface area contributed by atoms with Crippen LogP contribution in [0, 0.1) is 5.82 Å². The third-order valence-electron chi connectivity index (χ3n) is 4.32. The van der Waals surface area contributed by atoms with Gasteiger partial charge in [0.1, 0.15) is 5.82 Å². The van der Waals surface area contributed by atoms with Crippen molar-refractivity contribution in [1.29, 1.82) is 0 Å². The molecule has 1 atom stereocenters. The van der Waals surface area contributed by atoms with Crippen LogP contribution in [-0.4, -0.2) is 22.8 Å². The normalized spacial score (nSPS) is 17.3. The van der Waals surface area contributed by atoms with Gasteiger partial charge >= 0.3 is 0 Å². The number of thiazole rings is 1. The minimum absolute atomic E-state index is 0.00271. The topological polar surface area (TPSA) is 33.2 Å². The summed E-state index contributed by atoms with van der Waals surface area (Å²) in [4.78, 5) is 19.8. The predicted molar refractivity (Wildman–Crippen MR) is 80.6 cm³/mol. The summed E-state index contributed by atoms with van der Waals surface area (Å²) in [5.41, 5.74) is 2.23. The molecule has 1 amide bonds. The van der Waals surface area contributed by atoms with Crippen LogP contribution >= 0.6 is 11.3 Å². The van der Waals surface area contributed by atoms with E-state index in [4.69, 9.17) is 0 Å². The molecule has 1 aliphatic carbocycles. The van der Waals surface area contributed by atoms with E-state index < -0.39 is 5.41 Å². The highest BCUT2D eigenvalue weighted by Crippen LogP contribution is 2.50. The van der Waals surface area contributed by atoms with Gasteiger partial charge in [0.25, 0.3) is 0 Å². The van der Waals surface area contributed by atoms with E-state index in [-0.39, 0.29) is 17.8 Å². The molecule has 3 rings (SSSR count). The molecule has 3 nitrogen and oxygen atoms in total. The van der Waals surface area contributed by atoms with Crippen LogP contribution < -0.4 is 0 Å². The van der Waals surface area contributed by atoms with Gasteiger partial charge in [-0.3, -0.25) is 9.78 Å². The standard InChI is InChI=1S/C16H17FN2OS/c1-11(14-9-18-10-21-14)19(2)15(20)16(7-8-16)12-3-5-13(17)6-4-12/h3-6,9-11H,7-8H2,1-2H3/t11-/m1/s1. The first-order chi connectivity index (χ1) is 10.0. The van der Waals surface area contributed by atoms with Gasteiger partial charge in [-0.25, -0.2) is 4.39 Å². The van der Waals surface area contributed by atoms with Crippen molar-refractivity contribution in [2.45, 2.75) is 31.2 Å². The molecule has 0 spiro atoms. The molecule has 0 unspecified atom stereocenters. The van der Waals surface area contributed by atoms with E-state index in [0.29, 0.717) is 0 Å². The second-order valence-corrected chi connectivity index (χ2v) is 6.50. The van der Waals surface area contributed by atoms with Crippen LogP contribution in [0.1, 0.15) is 36.2 Å². The zero-order valence-corrected chi connectivity index (χ0v) is 12.9. The molecular formula is C16H17FN2OS. The fourth-order valence-electron chi connectivity index (χ4n) is 2.66. The molecule has 1 heterocycles. The van der Waals surface area contributed by atoms with Crippen LogP contribution in [0.2, 0.25) is 0 Å². The fourth-order valence-corrected chi connectivity index (χ4v) is 3.38. The van der Waals surface area contributed by atoms with Crippen molar-refractivity contribution in [3.05, 3.63) is 52.2 Å². The molecule has 5 heteroatoms. The van der Waals surface area contributed by atoms with Gasteiger partial charge in [-0.15, -0.1) is 11.3 Å². The Hall–Kier alpha value is -1.75. The van der Waals surface area contributed by atoms with Crippen molar-refractivity contribution >= 4 is 17.2 Å². The van der Waals surface area contributed by atoms with Crippen molar-refractivity contribution in [2.75, 3.05) is 7.05 Å². The maximum atomic E-state index is 13.1. The molecule has 1 aromatic heterocycles. The third-order valence-corrected chi connectivity index (χ3v) is 5.27. The predicted octanol–water partition coefficient (Wildman–Crippen LogP) is 3.53. The number of carbonyl (C=O) groups is 1. The lowest BCUT2D eigenvalue weighted by Gasteiger charge is -2.28. The monoisotopic (exact) mass is 304 g/mol. The zero-order chi connectivity index (χ0) is 15.0. The molecule has 0 aliphatic heterocycles. The summed E-state index contributed by atoms with van der Waals surface area (Å²) in [6, 6.07) is 6.31. The van der Waals surface area contributed by atoms with Gasteiger partial charge in [-0.2, -0.15) is 0 Å². The molecule has 0 bridgehead atoms. The van der Waals surface area contributed by atoms with E-state index >= 15 is 0 Å². The second kappa shape index (κ2) is 5.22. The van der Waals surface area contributed by atoms with Gasteiger partial charge in [0.05, 0.1) is 17.0 Å². The minimum Gasteiger partial charge on any atom is -0.337 e. The Balaban J connectivity index is 1.82. The highest BCUT2D eigenvalue weighted by molar-refractivity contribution is 7.09. The molecule has 1 aromatic carbocycles. The first-order valence-electron chi connectivity index (χ1n) is 6.96. The molecule has 1 saturated carbocycles. The number of rotatable bonds is 4. The van der Waals surface area contributed by atoms with Crippen LogP contribution in [0.25, 0.3) is 0 Å². The Morgan fingerprint density at radius 2 is 2.05 bits per heavy atom. The van der Waals surface area contributed by atoms with Crippen LogP contribution in [0.5, 0.6) is 0 Å². The first kappa shape index (κ1) is 14.2. The molecule has 0 saturated heterocycles. The Morgan fingerprint density at radius 1 is 1.38 bits per heavy atom. The van der Waals surface area contributed by atoms with Crippen LogP contribution in [0.15, 0.2) is 36.0 Å². The van der Waals surface area contributed by atoms with Crippen LogP contribution in [0.4, 0.5) is 4.39 Å². The van der Waals surface area contributed by atoms with E-state index in [1.54, 1.807) is 40.1 Å². The number of aromatic nitrogens is 1. The van der Waals surface area contributed by atoms with Crippen LogP contribution in [-0.2, 0) is 10.2 Å². The minimum atomic E-state index is -0.457. The number of carbonyl (C=O) groups excluding carboxylic acids is 1. The van der Waals surface area contributed by atoms with E-state index in [1.807, 2.05) is 14.0 Å². The lowest BCUT2D eigenvalue weighted by atomic mass is 9.94. The van der Waals surface area contributed by atoms with Crippen molar-refractivity contribution in [3.8, 4) is 0 Å². The Bertz CT molecular complexity index is 635. The molecule has 110 valence electrons. The molecular weight excluding hydrogens is 287 g/mol. The molecule has 0 N–H and O–H groups in total. The van der Waals surface area contributed by atoms with Gasteiger partial charge in [0.15, 0.2) is 0 Å². The summed E-state index contributed by atoms with van der Waals surface area (Å²) in [5.74, 6) is -0.164. The van der Waals surface area contributed by atoms with E-state index in [9.17, 15) is 9.18 Å². The van der Waals surface area contributed by atoms with Crippen LogP contribution in [0.3, 0.4) is 0 Å². The summed E-state index contributed by atoms with van der Waals surface area (Å²) in [7, 11) is 1.83. The number of hydrogen-bond donors (Lipinski definition) is 0. The highest BCUT2D eigenvalue weighted by Gasteiger charge is 2.53. The van der Waals surface area contributed by atoms with Crippen molar-refractivity contribution < 1.29 is 9.18 Å². The number of hydrogen-bond acceptors (Lipinski definition) is 3. The third kappa shape index (κ3) is 2.46. The average molecular weight is 304 g/mol. The first-order valence-corrected chi connectivity index (χ1v) is 7.84. The van der Waals surface area contributed by atoms with Gasteiger partial charge in [-0.05, 0) is 37.5 Å². The fraction of sp³-hybridized carbons (Fsp3) is 0.375. The summed E-state index contributed by atoms with van der Waals surface area (Å²) in [6.07, 6.45) is 3.46. The quantitative estimate of drug-likeness (QED) is 0.865. The molecule has 21 heavy (non-hydrogen) atoms. The molecule has 1 aliphatic rings. The zero-order valence-electron chi connectivity index (χ0n) is 12.0. The Morgan fingerprint density at radius 3 is 2.57 bits per heavy atom. The molecule has 2 aromatic rings. The van der Waals surface area contributed by atoms with Crippen molar-refractivity contribution in [1.82, 2.24) is 9.88 Å². The van der Waals surface area contributed by atoms with E-state index in [2.05, 4.69) is 4.98 Å². The lowest BCUT2D eigenvalue weighted by Crippen LogP contribution is -2.38. The van der Waals surface area contributed by atoms with E-state index in [1.165, 1.54) is 12.1 Å².